The minimum absolute atomic E-state index is 0.0968. The van der Waals surface area contributed by atoms with E-state index >= 15 is 0 Å². The third-order valence-corrected chi connectivity index (χ3v) is 8.08. The second-order valence-electron chi connectivity index (χ2n) is 10.1. The molecule has 0 bridgehead atoms. The van der Waals surface area contributed by atoms with Crippen molar-refractivity contribution >= 4 is 29.5 Å². The molecule has 0 saturated carbocycles. The van der Waals surface area contributed by atoms with E-state index < -0.39 is 60.3 Å². The van der Waals surface area contributed by atoms with Crippen LogP contribution in [0.1, 0.15) is 44.0 Å². The average Bonchev–Trinajstić information content (AvgIpc) is 2.96. The Balaban J connectivity index is 1.69. The van der Waals surface area contributed by atoms with Gasteiger partial charge < -0.3 is 35.4 Å². The minimum Gasteiger partial charge on any atom is -0.477 e. The Labute approximate surface area is 244 Å². The van der Waals surface area contributed by atoms with E-state index in [0.717, 1.165) is 22.6 Å². The zero-order valence-corrected chi connectivity index (χ0v) is 24.4. The lowest BCUT2D eigenvalue weighted by molar-refractivity contribution is -0.304. The number of thioether (sulfide) groups is 1. The summed E-state index contributed by atoms with van der Waals surface area (Å²) in [5.74, 6) is -3.50. The van der Waals surface area contributed by atoms with E-state index in [0.29, 0.717) is 12.0 Å². The lowest BCUT2D eigenvalue weighted by Gasteiger charge is -2.47. The Kier molecular flexibility index (Phi) is 12.2. The van der Waals surface area contributed by atoms with Crippen molar-refractivity contribution in [3.8, 4) is 11.1 Å². The van der Waals surface area contributed by atoms with E-state index in [-0.39, 0.29) is 13.2 Å². The molecule has 41 heavy (non-hydrogen) atoms. The van der Waals surface area contributed by atoms with Crippen LogP contribution in [-0.4, -0.2) is 87.9 Å². The van der Waals surface area contributed by atoms with Gasteiger partial charge in [-0.15, -0.1) is 0 Å². The Bertz CT molecular complexity index is 1150. The van der Waals surface area contributed by atoms with Crippen LogP contribution in [0.2, 0.25) is 0 Å². The number of aliphatic carboxylic acids is 1. The Morgan fingerprint density at radius 2 is 1.78 bits per heavy atom. The van der Waals surface area contributed by atoms with Gasteiger partial charge in [-0.05, 0) is 41.2 Å². The van der Waals surface area contributed by atoms with Gasteiger partial charge in [-0.2, -0.15) is 11.8 Å². The van der Waals surface area contributed by atoms with Crippen LogP contribution in [0.4, 0.5) is 0 Å². The zero-order chi connectivity index (χ0) is 30.0. The van der Waals surface area contributed by atoms with Crippen LogP contribution in [0, 0.1) is 5.92 Å². The van der Waals surface area contributed by atoms with Crippen LogP contribution >= 0.6 is 11.8 Å². The second-order valence-corrected chi connectivity index (χ2v) is 11.5. The van der Waals surface area contributed by atoms with Crippen molar-refractivity contribution in [2.75, 3.05) is 24.7 Å². The summed E-state index contributed by atoms with van der Waals surface area (Å²) in [7, 11) is 0. The molecule has 6 atom stereocenters. The topological polar surface area (TPSA) is 154 Å². The van der Waals surface area contributed by atoms with Gasteiger partial charge >= 0.3 is 5.97 Å². The summed E-state index contributed by atoms with van der Waals surface area (Å²) < 4.78 is 11.7. The van der Waals surface area contributed by atoms with E-state index in [1.807, 2.05) is 49.4 Å². The second kappa shape index (κ2) is 15.3. The number of ether oxygens (including phenoxy) is 2. The number of carboxylic acid groups (broad SMARTS) is 1. The maximum absolute atomic E-state index is 12.8. The summed E-state index contributed by atoms with van der Waals surface area (Å²) in [4.78, 5) is 37.0. The number of aliphatic hydroxyl groups is 2. The first-order chi connectivity index (χ1) is 19.6. The van der Waals surface area contributed by atoms with Crippen LogP contribution < -0.4 is 10.6 Å². The van der Waals surface area contributed by atoms with E-state index in [4.69, 9.17) is 9.47 Å². The first kappa shape index (κ1) is 32.6. The van der Waals surface area contributed by atoms with E-state index in [1.165, 1.54) is 6.92 Å². The van der Waals surface area contributed by atoms with Crippen LogP contribution in [0.25, 0.3) is 11.1 Å². The minimum atomic E-state index is -2.15. The number of carbonyl (C=O) groups is 3. The molecule has 0 aromatic heterocycles. The van der Waals surface area contributed by atoms with Gasteiger partial charge in [-0.25, -0.2) is 4.79 Å². The molecule has 2 aromatic rings. The summed E-state index contributed by atoms with van der Waals surface area (Å²) in [6.45, 7) is 4.83. The molecule has 1 heterocycles. The van der Waals surface area contributed by atoms with Gasteiger partial charge in [0.05, 0.1) is 31.0 Å². The van der Waals surface area contributed by atoms with Crippen molar-refractivity contribution < 1.29 is 39.2 Å². The molecule has 1 aliphatic heterocycles. The molecule has 5 N–H and O–H groups in total. The third-order valence-electron chi connectivity index (χ3n) is 7.09. The molecule has 10 nitrogen and oxygen atoms in total. The van der Waals surface area contributed by atoms with Gasteiger partial charge in [-0.3, -0.25) is 9.59 Å². The number of rotatable bonds is 14. The molecule has 0 radical (unpaired) electrons. The molecule has 224 valence electrons. The molecule has 1 saturated heterocycles. The van der Waals surface area contributed by atoms with Crippen molar-refractivity contribution in [2.45, 2.75) is 63.8 Å². The smallest absolute Gasteiger partial charge is 0.364 e. The van der Waals surface area contributed by atoms with Crippen LogP contribution in [0.15, 0.2) is 54.6 Å². The number of hydrogen-bond donors (Lipinski definition) is 5. The van der Waals surface area contributed by atoms with Crippen molar-refractivity contribution in [1.29, 1.82) is 0 Å². The molecule has 2 aromatic carbocycles. The Morgan fingerprint density at radius 1 is 1.12 bits per heavy atom. The fraction of sp³-hybridized carbons (Fsp3) is 0.500. The van der Waals surface area contributed by atoms with Gasteiger partial charge in [0, 0.05) is 31.4 Å². The fourth-order valence-electron chi connectivity index (χ4n) is 4.79. The lowest BCUT2D eigenvalue weighted by atomic mass is 9.84. The Morgan fingerprint density at radius 3 is 2.39 bits per heavy atom. The number of amides is 2. The third kappa shape index (κ3) is 8.76. The number of carbonyl (C=O) groups excluding carboxylic acids is 2. The summed E-state index contributed by atoms with van der Waals surface area (Å²) in [5, 5.41) is 37.3. The van der Waals surface area contributed by atoms with E-state index in [1.54, 1.807) is 30.8 Å². The quantitative estimate of drug-likeness (QED) is 0.210. The van der Waals surface area contributed by atoms with Crippen molar-refractivity contribution in [2.24, 2.45) is 5.92 Å². The largest absolute Gasteiger partial charge is 0.477 e. The van der Waals surface area contributed by atoms with E-state index in [9.17, 15) is 29.7 Å². The summed E-state index contributed by atoms with van der Waals surface area (Å²) in [6, 6.07) is 15.8. The van der Waals surface area contributed by atoms with Gasteiger partial charge in [0.2, 0.25) is 5.91 Å². The zero-order valence-electron chi connectivity index (χ0n) is 23.6. The number of carboxylic acids is 1. The van der Waals surface area contributed by atoms with Crippen molar-refractivity contribution in [1.82, 2.24) is 10.6 Å². The molecular formula is C30H40N2O8S. The highest BCUT2D eigenvalue weighted by Crippen LogP contribution is 2.35. The SMILES string of the molecule is CCSCCCO[C@]1(C(=O)O)C[C@H](O)C(NC(C)=O)C([C@H](C)[C@H](O)CNC(=O)c2ccc(-c3ccccc3)cc2)O1. The molecule has 11 heteroatoms. The molecule has 3 rings (SSSR count). The lowest BCUT2D eigenvalue weighted by Crippen LogP contribution is -2.66. The first-order valence-corrected chi connectivity index (χ1v) is 14.9. The van der Waals surface area contributed by atoms with Crippen LogP contribution in [-0.2, 0) is 19.1 Å². The summed E-state index contributed by atoms with van der Waals surface area (Å²) in [6.07, 6.45) is -3.44. The highest BCUT2D eigenvalue weighted by atomic mass is 32.2. The van der Waals surface area contributed by atoms with Gasteiger partial charge in [0.25, 0.3) is 11.7 Å². The maximum atomic E-state index is 12.8. The molecule has 0 spiro atoms. The van der Waals surface area contributed by atoms with E-state index in [2.05, 4.69) is 10.6 Å². The predicted molar refractivity (Wildman–Crippen MR) is 156 cm³/mol. The Hall–Kier alpha value is -2.96. The number of aliphatic hydroxyl groups excluding tert-OH is 2. The predicted octanol–water partition coefficient (Wildman–Crippen LogP) is 2.68. The summed E-state index contributed by atoms with van der Waals surface area (Å²) >= 11 is 1.69. The fourth-order valence-corrected chi connectivity index (χ4v) is 5.40. The monoisotopic (exact) mass is 588 g/mol. The molecule has 1 aliphatic rings. The van der Waals surface area contributed by atoms with Crippen LogP contribution in [0.3, 0.4) is 0 Å². The number of benzene rings is 2. The first-order valence-electron chi connectivity index (χ1n) is 13.8. The molecular weight excluding hydrogens is 548 g/mol. The van der Waals surface area contributed by atoms with Gasteiger partial charge in [0.15, 0.2) is 0 Å². The standard InChI is InChI=1S/C30H40N2O8S/c1-4-41-16-8-15-39-30(29(37)38)17-24(34)26(32-20(3)33)27(40-30)19(2)25(35)18-31-28(36)23-13-11-22(12-14-23)21-9-6-5-7-10-21/h5-7,9-14,19,24-27,34-35H,4,8,15-18H2,1-3H3,(H,31,36)(H,32,33)(H,37,38)/t19-,24+,25-,26?,27?,30-/m1/s1. The number of hydrogen-bond acceptors (Lipinski definition) is 8. The van der Waals surface area contributed by atoms with Crippen molar-refractivity contribution in [3.05, 3.63) is 60.2 Å². The maximum Gasteiger partial charge on any atom is 0.364 e. The molecule has 2 amide bonds. The van der Waals surface area contributed by atoms with Crippen molar-refractivity contribution in [3.63, 3.8) is 0 Å². The molecule has 2 unspecified atom stereocenters. The summed E-state index contributed by atoms with van der Waals surface area (Å²) in [5.41, 5.74) is 2.39. The normalized spacial score (nSPS) is 23.8. The van der Waals surface area contributed by atoms with Gasteiger partial charge in [0.1, 0.15) is 0 Å². The number of nitrogens with one attached hydrogen (secondary N) is 2. The highest BCUT2D eigenvalue weighted by molar-refractivity contribution is 7.99. The highest BCUT2D eigenvalue weighted by Gasteiger charge is 2.55. The molecule has 0 aliphatic carbocycles. The van der Waals surface area contributed by atoms with Crippen LogP contribution in [0.5, 0.6) is 0 Å². The molecule has 1 fully saturated rings. The average molecular weight is 589 g/mol. The van der Waals surface area contributed by atoms with Gasteiger partial charge in [-0.1, -0.05) is 56.3 Å².